The van der Waals surface area contributed by atoms with Crippen molar-refractivity contribution in [1.82, 2.24) is 0 Å². The lowest BCUT2D eigenvalue weighted by Crippen LogP contribution is -1.98. The van der Waals surface area contributed by atoms with Gasteiger partial charge in [0.05, 0.1) is 10.7 Å². The van der Waals surface area contributed by atoms with Crippen LogP contribution in [0.25, 0.3) is 0 Å². The van der Waals surface area contributed by atoms with Crippen LogP contribution in [0, 0.1) is 17.5 Å². The number of ether oxygens (including phenoxy) is 1. The van der Waals surface area contributed by atoms with Crippen molar-refractivity contribution in [3.63, 3.8) is 0 Å². The minimum atomic E-state index is -1.23. The maximum Gasteiger partial charge on any atom is 0.203 e. The molecule has 0 amide bonds. The average Bonchev–Trinajstić information content (AvgIpc) is 2.34. The molecule has 94 valence electrons. The highest BCUT2D eigenvalue weighted by Crippen LogP contribution is 2.32. The Balaban J connectivity index is 2.39. The molecule has 0 atom stereocenters. The third-order valence-corrected chi connectivity index (χ3v) is 2.50. The molecule has 18 heavy (non-hydrogen) atoms. The lowest BCUT2D eigenvalue weighted by Gasteiger charge is -2.10. The second-order valence-corrected chi connectivity index (χ2v) is 3.86. The maximum absolute atomic E-state index is 13.4. The molecule has 0 unspecified atom stereocenters. The molecule has 6 heteroatoms. The van der Waals surface area contributed by atoms with E-state index in [9.17, 15) is 13.2 Å². The fourth-order valence-electron chi connectivity index (χ4n) is 1.31. The molecule has 0 radical (unpaired) electrons. The Morgan fingerprint density at radius 2 is 1.72 bits per heavy atom. The molecule has 2 aromatic carbocycles. The smallest absolute Gasteiger partial charge is 0.203 e. The predicted molar refractivity (Wildman–Crippen MR) is 62.3 cm³/mol. The summed E-state index contributed by atoms with van der Waals surface area (Å²) in [5, 5.41) is -0.102. The Kier molecular flexibility index (Phi) is 3.34. The first kappa shape index (κ1) is 12.6. The summed E-state index contributed by atoms with van der Waals surface area (Å²) >= 11 is 5.48. The van der Waals surface area contributed by atoms with Crippen LogP contribution in [0.4, 0.5) is 18.9 Å². The largest absolute Gasteiger partial charge is 0.452 e. The molecule has 0 aromatic heterocycles. The summed E-state index contributed by atoms with van der Waals surface area (Å²) in [4.78, 5) is 0. The van der Waals surface area contributed by atoms with Crippen LogP contribution >= 0.6 is 11.6 Å². The van der Waals surface area contributed by atoms with Gasteiger partial charge in [-0.15, -0.1) is 0 Å². The standard InChI is InChI=1S/C12H7ClF3NO/c13-7-2-1-6(5-9(7)15)18-12-10(17)4-3-8(14)11(12)16/h1-5H,17H2. The van der Waals surface area contributed by atoms with E-state index < -0.39 is 23.2 Å². The highest BCUT2D eigenvalue weighted by molar-refractivity contribution is 6.30. The Morgan fingerprint density at radius 3 is 2.39 bits per heavy atom. The number of nitrogens with two attached hydrogens (primary N) is 1. The van der Waals surface area contributed by atoms with Gasteiger partial charge in [0.25, 0.3) is 0 Å². The molecule has 0 aliphatic heterocycles. The first-order valence-electron chi connectivity index (χ1n) is 4.85. The summed E-state index contributed by atoms with van der Waals surface area (Å²) in [7, 11) is 0. The normalized spacial score (nSPS) is 10.4. The van der Waals surface area contributed by atoms with Crippen LogP contribution in [0.1, 0.15) is 0 Å². The molecule has 0 aliphatic rings. The summed E-state index contributed by atoms with van der Waals surface area (Å²) in [6.45, 7) is 0. The number of hydrogen-bond donors (Lipinski definition) is 1. The number of benzene rings is 2. The zero-order chi connectivity index (χ0) is 13.3. The van der Waals surface area contributed by atoms with Crippen molar-refractivity contribution in [1.29, 1.82) is 0 Å². The van der Waals surface area contributed by atoms with Crippen LogP contribution in [0.5, 0.6) is 11.5 Å². The Labute approximate surface area is 106 Å². The molecular weight excluding hydrogens is 267 g/mol. The summed E-state index contributed by atoms with van der Waals surface area (Å²) in [6, 6.07) is 5.53. The van der Waals surface area contributed by atoms with Crippen LogP contribution in [0.2, 0.25) is 5.02 Å². The molecule has 0 heterocycles. The molecule has 0 fully saturated rings. The molecule has 2 nitrogen and oxygen atoms in total. The van der Waals surface area contributed by atoms with Crippen molar-refractivity contribution in [2.24, 2.45) is 0 Å². The zero-order valence-corrected chi connectivity index (χ0v) is 9.64. The lowest BCUT2D eigenvalue weighted by molar-refractivity contribution is 0.416. The van der Waals surface area contributed by atoms with E-state index in [1.165, 1.54) is 12.1 Å². The van der Waals surface area contributed by atoms with Gasteiger partial charge in [0.15, 0.2) is 11.6 Å². The van der Waals surface area contributed by atoms with Gasteiger partial charge in [0, 0.05) is 6.07 Å². The Morgan fingerprint density at radius 1 is 1.00 bits per heavy atom. The van der Waals surface area contributed by atoms with E-state index in [-0.39, 0.29) is 16.5 Å². The van der Waals surface area contributed by atoms with Crippen molar-refractivity contribution in [2.45, 2.75) is 0 Å². The average molecular weight is 274 g/mol. The van der Waals surface area contributed by atoms with Crippen LogP contribution in [0.3, 0.4) is 0 Å². The number of nitrogen functional groups attached to an aromatic ring is 1. The molecule has 2 aromatic rings. The van der Waals surface area contributed by atoms with Crippen molar-refractivity contribution in [2.75, 3.05) is 5.73 Å². The minimum Gasteiger partial charge on any atom is -0.452 e. The Bertz CT molecular complexity index is 604. The molecule has 0 aliphatic carbocycles. The fourth-order valence-corrected chi connectivity index (χ4v) is 1.43. The van der Waals surface area contributed by atoms with Crippen molar-refractivity contribution in [3.8, 4) is 11.5 Å². The fraction of sp³-hybridized carbons (Fsp3) is 0. The monoisotopic (exact) mass is 273 g/mol. The molecule has 0 saturated heterocycles. The molecule has 0 bridgehead atoms. The summed E-state index contributed by atoms with van der Waals surface area (Å²) < 4.78 is 44.6. The van der Waals surface area contributed by atoms with Crippen LogP contribution in [-0.2, 0) is 0 Å². The molecular formula is C12H7ClF3NO. The first-order valence-corrected chi connectivity index (χ1v) is 5.23. The number of anilines is 1. The van der Waals surface area contributed by atoms with Gasteiger partial charge in [-0.05, 0) is 24.3 Å². The molecule has 2 N–H and O–H groups in total. The SMILES string of the molecule is Nc1ccc(F)c(F)c1Oc1ccc(Cl)c(F)c1. The van der Waals surface area contributed by atoms with Crippen molar-refractivity contribution < 1.29 is 17.9 Å². The van der Waals surface area contributed by atoms with Crippen molar-refractivity contribution >= 4 is 17.3 Å². The van der Waals surface area contributed by atoms with E-state index in [4.69, 9.17) is 22.1 Å². The summed E-state index contributed by atoms with van der Waals surface area (Å²) in [5.41, 5.74) is 5.36. The maximum atomic E-state index is 13.4. The predicted octanol–water partition coefficient (Wildman–Crippen LogP) is 4.13. The number of rotatable bonds is 2. The van der Waals surface area contributed by atoms with E-state index in [1.54, 1.807) is 0 Å². The third kappa shape index (κ3) is 2.36. The van der Waals surface area contributed by atoms with Crippen LogP contribution < -0.4 is 10.5 Å². The Hall–Kier alpha value is -1.88. The first-order chi connectivity index (χ1) is 8.49. The van der Waals surface area contributed by atoms with Gasteiger partial charge in [-0.25, -0.2) is 8.78 Å². The zero-order valence-electron chi connectivity index (χ0n) is 8.88. The third-order valence-electron chi connectivity index (χ3n) is 2.19. The van der Waals surface area contributed by atoms with Gasteiger partial charge in [-0.2, -0.15) is 4.39 Å². The van der Waals surface area contributed by atoms with E-state index in [2.05, 4.69) is 0 Å². The van der Waals surface area contributed by atoms with Gasteiger partial charge >= 0.3 is 0 Å². The second kappa shape index (κ2) is 4.78. The van der Waals surface area contributed by atoms with E-state index in [1.807, 2.05) is 0 Å². The van der Waals surface area contributed by atoms with Crippen molar-refractivity contribution in [3.05, 3.63) is 52.8 Å². The lowest BCUT2D eigenvalue weighted by atomic mass is 10.2. The van der Waals surface area contributed by atoms with E-state index >= 15 is 0 Å². The number of hydrogen-bond acceptors (Lipinski definition) is 2. The summed E-state index contributed by atoms with van der Waals surface area (Å²) in [6.07, 6.45) is 0. The topological polar surface area (TPSA) is 35.2 Å². The van der Waals surface area contributed by atoms with Gasteiger partial charge in [-0.3, -0.25) is 0 Å². The highest BCUT2D eigenvalue weighted by atomic mass is 35.5. The molecule has 0 spiro atoms. The van der Waals surface area contributed by atoms with Gasteiger partial charge < -0.3 is 10.5 Å². The molecule has 0 saturated carbocycles. The van der Waals surface area contributed by atoms with Crippen LogP contribution in [0.15, 0.2) is 30.3 Å². The van der Waals surface area contributed by atoms with E-state index in [0.717, 1.165) is 18.2 Å². The van der Waals surface area contributed by atoms with Gasteiger partial charge in [0.1, 0.15) is 11.6 Å². The molecule has 2 rings (SSSR count). The van der Waals surface area contributed by atoms with E-state index in [0.29, 0.717) is 0 Å². The highest BCUT2D eigenvalue weighted by Gasteiger charge is 2.14. The quantitative estimate of drug-likeness (QED) is 0.835. The minimum absolute atomic E-state index is 0.0342. The summed E-state index contributed by atoms with van der Waals surface area (Å²) in [5.74, 6) is -3.59. The van der Waals surface area contributed by atoms with Gasteiger partial charge in [0.2, 0.25) is 5.82 Å². The number of halogens is 4. The van der Waals surface area contributed by atoms with Gasteiger partial charge in [-0.1, -0.05) is 11.6 Å². The van der Waals surface area contributed by atoms with Crippen LogP contribution in [-0.4, -0.2) is 0 Å². The second-order valence-electron chi connectivity index (χ2n) is 3.46.